The second kappa shape index (κ2) is 6.02. The summed E-state index contributed by atoms with van der Waals surface area (Å²) in [5.74, 6) is -1.49. The van der Waals surface area contributed by atoms with Crippen molar-refractivity contribution >= 4 is 11.7 Å². The Morgan fingerprint density at radius 1 is 1.52 bits per heavy atom. The summed E-state index contributed by atoms with van der Waals surface area (Å²) in [5.41, 5.74) is 0.258. The van der Waals surface area contributed by atoms with E-state index < -0.39 is 11.8 Å². The Bertz CT molecular complexity index is 534. The fourth-order valence-electron chi connectivity index (χ4n) is 2.93. The van der Waals surface area contributed by atoms with Crippen molar-refractivity contribution < 1.29 is 19.0 Å². The average Bonchev–Trinajstić information content (AvgIpc) is 2.46. The van der Waals surface area contributed by atoms with Crippen molar-refractivity contribution in [2.75, 3.05) is 11.9 Å². The van der Waals surface area contributed by atoms with Crippen molar-refractivity contribution in [3.63, 3.8) is 0 Å². The first-order chi connectivity index (χ1) is 9.92. The normalized spacial score (nSPS) is 28.0. The van der Waals surface area contributed by atoms with Gasteiger partial charge < -0.3 is 15.2 Å². The van der Waals surface area contributed by atoms with Gasteiger partial charge in [-0.2, -0.15) is 0 Å². The minimum atomic E-state index is -1.06. The smallest absolute Gasteiger partial charge is 0.335 e. The minimum absolute atomic E-state index is 0.0678. The first-order valence-corrected chi connectivity index (χ1v) is 7.33. The third kappa shape index (κ3) is 2.88. The molecular weight excluding hydrogens is 273 g/mol. The van der Waals surface area contributed by atoms with E-state index in [0.29, 0.717) is 6.61 Å². The molecule has 0 aliphatic heterocycles. The second-order valence-corrected chi connectivity index (χ2v) is 5.74. The number of aromatic carboxylic acids is 1. The number of ether oxygens (including phenoxy) is 1. The van der Waals surface area contributed by atoms with Crippen LogP contribution in [-0.2, 0) is 4.74 Å². The highest BCUT2D eigenvalue weighted by Gasteiger charge is 2.51. The van der Waals surface area contributed by atoms with Gasteiger partial charge in [-0.25, -0.2) is 9.18 Å². The first-order valence-electron chi connectivity index (χ1n) is 7.33. The SMILES string of the molecule is CCOC1CC(Nc2cc(C(=O)O)ccc2F)C1(C)CC. The van der Waals surface area contributed by atoms with Crippen molar-refractivity contribution in [2.45, 2.75) is 45.8 Å². The van der Waals surface area contributed by atoms with E-state index in [1.807, 2.05) is 6.92 Å². The summed E-state index contributed by atoms with van der Waals surface area (Å²) < 4.78 is 19.6. The molecular formula is C16H22FNO3. The number of anilines is 1. The maximum Gasteiger partial charge on any atom is 0.335 e. The third-order valence-electron chi connectivity index (χ3n) is 4.65. The largest absolute Gasteiger partial charge is 0.478 e. The molecule has 0 saturated heterocycles. The van der Waals surface area contributed by atoms with Crippen LogP contribution >= 0.6 is 0 Å². The lowest BCUT2D eigenvalue weighted by molar-refractivity contribution is -0.109. The molecule has 0 bridgehead atoms. The van der Waals surface area contributed by atoms with Crippen LogP contribution in [0.2, 0.25) is 0 Å². The molecule has 3 unspecified atom stereocenters. The Morgan fingerprint density at radius 2 is 2.24 bits per heavy atom. The molecule has 0 radical (unpaired) electrons. The molecule has 1 aromatic carbocycles. The molecule has 2 N–H and O–H groups in total. The van der Waals surface area contributed by atoms with E-state index in [1.165, 1.54) is 18.2 Å². The highest BCUT2D eigenvalue weighted by atomic mass is 19.1. The first kappa shape index (κ1) is 15.8. The molecule has 3 atom stereocenters. The quantitative estimate of drug-likeness (QED) is 0.843. The number of hydrogen-bond donors (Lipinski definition) is 2. The van der Waals surface area contributed by atoms with Crippen molar-refractivity contribution in [1.82, 2.24) is 0 Å². The zero-order valence-corrected chi connectivity index (χ0v) is 12.6. The van der Waals surface area contributed by atoms with Crippen LogP contribution in [0, 0.1) is 11.2 Å². The lowest BCUT2D eigenvalue weighted by Gasteiger charge is -2.53. The maximum atomic E-state index is 13.9. The van der Waals surface area contributed by atoms with Crippen LogP contribution in [0.15, 0.2) is 18.2 Å². The van der Waals surface area contributed by atoms with Gasteiger partial charge >= 0.3 is 5.97 Å². The Kier molecular flexibility index (Phi) is 4.52. The number of benzene rings is 1. The van der Waals surface area contributed by atoms with Gasteiger partial charge in [0.2, 0.25) is 0 Å². The summed E-state index contributed by atoms with van der Waals surface area (Å²) >= 11 is 0. The van der Waals surface area contributed by atoms with E-state index >= 15 is 0 Å². The van der Waals surface area contributed by atoms with Crippen LogP contribution < -0.4 is 5.32 Å². The number of carboxylic acid groups (broad SMARTS) is 1. The van der Waals surface area contributed by atoms with Crippen LogP contribution in [0.25, 0.3) is 0 Å². The Labute approximate surface area is 124 Å². The predicted molar refractivity (Wildman–Crippen MR) is 79.2 cm³/mol. The number of nitrogens with one attached hydrogen (secondary N) is 1. The Balaban J connectivity index is 2.15. The van der Waals surface area contributed by atoms with Gasteiger partial charge in [0.15, 0.2) is 0 Å². The molecule has 4 nitrogen and oxygen atoms in total. The fraction of sp³-hybridized carbons (Fsp3) is 0.562. The molecule has 2 rings (SSSR count). The van der Waals surface area contributed by atoms with E-state index in [1.54, 1.807) is 0 Å². The third-order valence-corrected chi connectivity index (χ3v) is 4.65. The van der Waals surface area contributed by atoms with E-state index in [2.05, 4.69) is 19.2 Å². The summed E-state index contributed by atoms with van der Waals surface area (Å²) in [6, 6.07) is 3.89. The van der Waals surface area contributed by atoms with Gasteiger partial charge in [0.25, 0.3) is 0 Å². The van der Waals surface area contributed by atoms with Crippen LogP contribution in [0.3, 0.4) is 0 Å². The number of carboxylic acids is 1. The van der Waals surface area contributed by atoms with Crippen molar-refractivity contribution in [1.29, 1.82) is 0 Å². The average molecular weight is 295 g/mol. The molecule has 0 spiro atoms. The molecule has 0 aromatic heterocycles. The van der Waals surface area contributed by atoms with Crippen molar-refractivity contribution in [3.8, 4) is 0 Å². The van der Waals surface area contributed by atoms with Gasteiger partial charge in [-0.15, -0.1) is 0 Å². The molecule has 21 heavy (non-hydrogen) atoms. The van der Waals surface area contributed by atoms with Gasteiger partial charge in [0.1, 0.15) is 5.82 Å². The Morgan fingerprint density at radius 3 is 2.81 bits per heavy atom. The van der Waals surface area contributed by atoms with Gasteiger partial charge in [-0.05, 0) is 38.0 Å². The lowest BCUT2D eigenvalue weighted by Crippen LogP contribution is -2.59. The molecule has 116 valence electrons. The number of carbonyl (C=O) groups is 1. The summed E-state index contributed by atoms with van der Waals surface area (Å²) in [6.45, 7) is 6.83. The number of hydrogen-bond acceptors (Lipinski definition) is 3. The molecule has 1 fully saturated rings. The van der Waals surface area contributed by atoms with Crippen LogP contribution in [0.5, 0.6) is 0 Å². The van der Waals surface area contributed by atoms with Gasteiger partial charge in [-0.1, -0.05) is 13.8 Å². The van der Waals surface area contributed by atoms with Crippen LogP contribution in [-0.4, -0.2) is 29.8 Å². The van der Waals surface area contributed by atoms with Gasteiger partial charge in [-0.3, -0.25) is 0 Å². The second-order valence-electron chi connectivity index (χ2n) is 5.74. The van der Waals surface area contributed by atoms with E-state index in [9.17, 15) is 9.18 Å². The number of halogens is 1. The van der Waals surface area contributed by atoms with Crippen molar-refractivity contribution in [3.05, 3.63) is 29.6 Å². The summed E-state index contributed by atoms with van der Waals surface area (Å²) in [7, 11) is 0. The Hall–Kier alpha value is -1.62. The fourth-order valence-corrected chi connectivity index (χ4v) is 2.93. The summed E-state index contributed by atoms with van der Waals surface area (Å²) in [5, 5.41) is 12.1. The maximum absolute atomic E-state index is 13.9. The van der Waals surface area contributed by atoms with E-state index in [4.69, 9.17) is 9.84 Å². The van der Waals surface area contributed by atoms with Crippen LogP contribution in [0.4, 0.5) is 10.1 Å². The summed E-state index contributed by atoms with van der Waals surface area (Å²) in [6.07, 6.45) is 1.88. The highest BCUT2D eigenvalue weighted by molar-refractivity contribution is 5.88. The topological polar surface area (TPSA) is 58.6 Å². The van der Waals surface area contributed by atoms with E-state index in [-0.39, 0.29) is 28.8 Å². The van der Waals surface area contributed by atoms with Crippen LogP contribution in [0.1, 0.15) is 44.0 Å². The molecule has 0 heterocycles. The molecule has 1 aliphatic rings. The minimum Gasteiger partial charge on any atom is -0.478 e. The molecule has 1 saturated carbocycles. The molecule has 0 amide bonds. The molecule has 5 heteroatoms. The lowest BCUT2D eigenvalue weighted by atomic mass is 9.61. The van der Waals surface area contributed by atoms with Crippen molar-refractivity contribution in [2.24, 2.45) is 5.41 Å². The molecule has 1 aromatic rings. The molecule has 1 aliphatic carbocycles. The van der Waals surface area contributed by atoms with Gasteiger partial charge in [0, 0.05) is 18.1 Å². The monoisotopic (exact) mass is 295 g/mol. The van der Waals surface area contributed by atoms with Gasteiger partial charge in [0.05, 0.1) is 17.4 Å². The van der Waals surface area contributed by atoms with E-state index in [0.717, 1.165) is 12.8 Å². The summed E-state index contributed by atoms with van der Waals surface area (Å²) in [4.78, 5) is 11.0. The zero-order chi connectivity index (χ0) is 15.6. The zero-order valence-electron chi connectivity index (χ0n) is 12.6. The predicted octanol–water partition coefficient (Wildman–Crippen LogP) is 3.53. The number of rotatable bonds is 6. The standard InChI is InChI=1S/C16H22FNO3/c1-4-16(3)13(9-14(16)21-5-2)18-12-8-10(15(19)20)6-7-11(12)17/h6-8,13-14,18H,4-5,9H2,1-3H3,(H,19,20). The highest BCUT2D eigenvalue weighted by Crippen LogP contribution is 2.47.